The summed E-state index contributed by atoms with van der Waals surface area (Å²) in [5.41, 5.74) is 0. The van der Waals surface area contributed by atoms with E-state index in [-0.39, 0.29) is 48.4 Å². The van der Waals surface area contributed by atoms with Crippen molar-refractivity contribution in [3.05, 3.63) is 0 Å². The minimum absolute atomic E-state index is 0.0494. The standard InChI is InChI=1S/C19H28N4O5/c1-11(24)20-9-2-3-10-21-13-6-4-5-12-16(13)19(28)23(18(12)27)14-7-8-15(25)22-17(14)26/h12-14,16,21H,2-10H2,1H3,(H,20,24)(H,22,25,26). The summed E-state index contributed by atoms with van der Waals surface area (Å²) < 4.78 is 0. The van der Waals surface area contributed by atoms with Gasteiger partial charge in [-0.1, -0.05) is 6.42 Å². The molecule has 0 aromatic rings. The number of nitrogens with zero attached hydrogens (tertiary/aromatic N) is 1. The smallest absolute Gasteiger partial charge is 0.249 e. The minimum atomic E-state index is -0.874. The molecule has 154 valence electrons. The molecular weight excluding hydrogens is 364 g/mol. The van der Waals surface area contributed by atoms with Gasteiger partial charge in [-0.3, -0.25) is 34.2 Å². The highest BCUT2D eigenvalue weighted by Gasteiger charge is 2.55. The van der Waals surface area contributed by atoms with E-state index in [2.05, 4.69) is 16.0 Å². The largest absolute Gasteiger partial charge is 0.356 e. The van der Waals surface area contributed by atoms with E-state index < -0.39 is 17.9 Å². The molecule has 0 bridgehead atoms. The van der Waals surface area contributed by atoms with Crippen LogP contribution in [0, 0.1) is 11.8 Å². The highest BCUT2D eigenvalue weighted by atomic mass is 16.2. The van der Waals surface area contributed by atoms with Crippen LogP contribution in [0.25, 0.3) is 0 Å². The van der Waals surface area contributed by atoms with Gasteiger partial charge in [0.05, 0.1) is 11.8 Å². The van der Waals surface area contributed by atoms with Crippen LogP contribution in [0.3, 0.4) is 0 Å². The molecule has 9 heteroatoms. The van der Waals surface area contributed by atoms with E-state index in [1.54, 1.807) is 0 Å². The number of imide groups is 2. The van der Waals surface area contributed by atoms with Gasteiger partial charge in [-0.15, -0.1) is 0 Å². The average molecular weight is 392 g/mol. The van der Waals surface area contributed by atoms with E-state index in [0.29, 0.717) is 19.5 Å². The second kappa shape index (κ2) is 8.81. The zero-order chi connectivity index (χ0) is 20.3. The van der Waals surface area contributed by atoms with E-state index in [1.807, 2.05) is 0 Å². The van der Waals surface area contributed by atoms with Crippen molar-refractivity contribution in [1.82, 2.24) is 20.9 Å². The Hall–Kier alpha value is -2.29. The van der Waals surface area contributed by atoms with Gasteiger partial charge >= 0.3 is 0 Å². The molecule has 4 unspecified atom stereocenters. The summed E-state index contributed by atoms with van der Waals surface area (Å²) in [5, 5.41) is 8.39. The maximum atomic E-state index is 13.0. The Morgan fingerprint density at radius 2 is 1.82 bits per heavy atom. The van der Waals surface area contributed by atoms with Crippen LogP contribution in [0.15, 0.2) is 0 Å². The van der Waals surface area contributed by atoms with E-state index in [0.717, 1.165) is 30.6 Å². The van der Waals surface area contributed by atoms with Gasteiger partial charge in [0.25, 0.3) is 0 Å². The molecule has 3 rings (SSSR count). The Kier molecular flexibility index (Phi) is 6.43. The fraction of sp³-hybridized carbons (Fsp3) is 0.737. The lowest BCUT2D eigenvalue weighted by atomic mass is 9.77. The first-order valence-corrected chi connectivity index (χ1v) is 10.1. The fourth-order valence-electron chi connectivity index (χ4n) is 4.53. The molecule has 9 nitrogen and oxygen atoms in total. The van der Waals surface area contributed by atoms with Crippen molar-refractivity contribution in [3.63, 3.8) is 0 Å². The number of fused-ring (bicyclic) bond motifs is 1. The van der Waals surface area contributed by atoms with Gasteiger partial charge in [0.15, 0.2) is 0 Å². The number of carbonyl (C=O) groups excluding carboxylic acids is 5. The predicted octanol–water partition coefficient (Wildman–Crippen LogP) is -0.549. The predicted molar refractivity (Wildman–Crippen MR) is 98.6 cm³/mol. The second-order valence-electron chi connectivity index (χ2n) is 7.83. The minimum Gasteiger partial charge on any atom is -0.356 e. The molecular formula is C19H28N4O5. The number of nitrogens with one attached hydrogen (secondary N) is 3. The molecule has 3 N–H and O–H groups in total. The molecule has 1 aliphatic carbocycles. The molecule has 2 heterocycles. The summed E-state index contributed by atoms with van der Waals surface area (Å²) in [6, 6.07) is -0.962. The molecule has 1 saturated carbocycles. The zero-order valence-electron chi connectivity index (χ0n) is 16.2. The summed E-state index contributed by atoms with van der Waals surface area (Å²) in [7, 11) is 0. The molecule has 28 heavy (non-hydrogen) atoms. The van der Waals surface area contributed by atoms with Crippen molar-refractivity contribution in [2.24, 2.45) is 11.8 Å². The molecule has 4 atom stereocenters. The Morgan fingerprint density at radius 1 is 1.07 bits per heavy atom. The maximum Gasteiger partial charge on any atom is 0.249 e. The van der Waals surface area contributed by atoms with E-state index in [9.17, 15) is 24.0 Å². The summed E-state index contributed by atoms with van der Waals surface area (Å²) in [5.74, 6) is -2.37. The van der Waals surface area contributed by atoms with Crippen molar-refractivity contribution in [3.8, 4) is 0 Å². The Labute approximate surface area is 164 Å². The number of amides is 5. The lowest BCUT2D eigenvalue weighted by Crippen LogP contribution is -2.55. The third kappa shape index (κ3) is 4.24. The molecule has 0 aromatic heterocycles. The molecule has 0 spiro atoms. The lowest BCUT2D eigenvalue weighted by Gasteiger charge is -2.31. The Morgan fingerprint density at radius 3 is 2.54 bits per heavy atom. The number of hydrogen-bond acceptors (Lipinski definition) is 6. The molecule has 2 saturated heterocycles. The normalized spacial score (nSPS) is 30.2. The third-order valence-corrected chi connectivity index (χ3v) is 5.88. The number of unbranched alkanes of at least 4 members (excludes halogenated alkanes) is 1. The number of carbonyl (C=O) groups is 5. The summed E-state index contributed by atoms with van der Waals surface area (Å²) in [6.45, 7) is 2.80. The number of hydrogen-bond donors (Lipinski definition) is 3. The van der Waals surface area contributed by atoms with Crippen molar-refractivity contribution in [2.45, 2.75) is 64.0 Å². The highest BCUT2D eigenvalue weighted by molar-refractivity contribution is 6.11. The van der Waals surface area contributed by atoms with Crippen LogP contribution in [-0.2, 0) is 24.0 Å². The van der Waals surface area contributed by atoms with Gasteiger partial charge in [-0.2, -0.15) is 0 Å². The van der Waals surface area contributed by atoms with Crippen LogP contribution in [0.1, 0.15) is 51.9 Å². The van der Waals surface area contributed by atoms with Crippen LogP contribution in [0.4, 0.5) is 0 Å². The molecule has 5 amide bonds. The molecule has 0 radical (unpaired) electrons. The van der Waals surface area contributed by atoms with Gasteiger partial charge in [0.1, 0.15) is 6.04 Å². The first-order valence-electron chi connectivity index (χ1n) is 10.1. The molecule has 3 aliphatic rings. The van der Waals surface area contributed by atoms with Crippen LogP contribution >= 0.6 is 0 Å². The van der Waals surface area contributed by atoms with E-state index >= 15 is 0 Å². The number of rotatable bonds is 7. The first-order chi connectivity index (χ1) is 13.4. The van der Waals surface area contributed by atoms with Crippen LogP contribution in [-0.4, -0.2) is 59.6 Å². The monoisotopic (exact) mass is 392 g/mol. The van der Waals surface area contributed by atoms with E-state index in [4.69, 9.17) is 0 Å². The SMILES string of the molecule is CC(=O)NCCCCNC1CCCC2C(=O)N(C3CCC(=O)NC3=O)C(=O)C12. The van der Waals surface area contributed by atoms with Gasteiger partial charge in [0, 0.05) is 25.9 Å². The molecule has 3 fully saturated rings. The van der Waals surface area contributed by atoms with Gasteiger partial charge in [-0.05, 0) is 38.6 Å². The zero-order valence-corrected chi connectivity index (χ0v) is 16.2. The second-order valence-corrected chi connectivity index (χ2v) is 7.83. The first kappa shape index (κ1) is 20.4. The van der Waals surface area contributed by atoms with Crippen molar-refractivity contribution in [2.75, 3.05) is 13.1 Å². The quantitative estimate of drug-likeness (QED) is 0.394. The molecule has 2 aliphatic heterocycles. The number of likely N-dealkylation sites (tertiary alicyclic amines) is 1. The topological polar surface area (TPSA) is 125 Å². The fourth-order valence-corrected chi connectivity index (χ4v) is 4.53. The van der Waals surface area contributed by atoms with Crippen LogP contribution < -0.4 is 16.0 Å². The van der Waals surface area contributed by atoms with Gasteiger partial charge < -0.3 is 10.6 Å². The Balaban J connectivity index is 1.59. The summed E-state index contributed by atoms with van der Waals surface area (Å²) in [4.78, 5) is 61.5. The summed E-state index contributed by atoms with van der Waals surface area (Å²) >= 11 is 0. The van der Waals surface area contributed by atoms with E-state index in [1.165, 1.54) is 6.92 Å². The maximum absolute atomic E-state index is 13.0. The van der Waals surface area contributed by atoms with Gasteiger partial charge in [0.2, 0.25) is 29.5 Å². The van der Waals surface area contributed by atoms with Crippen LogP contribution in [0.5, 0.6) is 0 Å². The van der Waals surface area contributed by atoms with Crippen molar-refractivity contribution in [1.29, 1.82) is 0 Å². The van der Waals surface area contributed by atoms with Crippen molar-refractivity contribution < 1.29 is 24.0 Å². The number of piperidine rings is 1. The average Bonchev–Trinajstić information content (AvgIpc) is 2.90. The van der Waals surface area contributed by atoms with Crippen LogP contribution in [0.2, 0.25) is 0 Å². The van der Waals surface area contributed by atoms with Crippen molar-refractivity contribution >= 4 is 29.5 Å². The summed E-state index contributed by atoms with van der Waals surface area (Å²) in [6.07, 6.45) is 4.35. The highest BCUT2D eigenvalue weighted by Crippen LogP contribution is 2.40. The Bertz CT molecular complexity index is 679. The third-order valence-electron chi connectivity index (χ3n) is 5.88. The van der Waals surface area contributed by atoms with Gasteiger partial charge in [-0.25, -0.2) is 0 Å². The lowest BCUT2D eigenvalue weighted by molar-refractivity contribution is -0.151. The molecule has 0 aromatic carbocycles.